The van der Waals surface area contributed by atoms with E-state index < -0.39 is 47.7 Å². The minimum atomic E-state index is -0.913. The molecular formula is C41H58N6O7. The first-order valence-electron chi connectivity index (χ1n) is 18.9. The van der Waals surface area contributed by atoms with Gasteiger partial charge in [0.15, 0.2) is 5.78 Å². The summed E-state index contributed by atoms with van der Waals surface area (Å²) in [6, 6.07) is 16.0. The van der Waals surface area contributed by atoms with Crippen LogP contribution in [0.5, 0.6) is 0 Å². The van der Waals surface area contributed by atoms with Crippen molar-refractivity contribution >= 4 is 35.4 Å². The van der Waals surface area contributed by atoms with Crippen molar-refractivity contribution in [3.05, 3.63) is 83.9 Å². The number of unbranched alkanes of at least 4 members (excludes halogenated alkanes) is 1. The summed E-state index contributed by atoms with van der Waals surface area (Å²) in [6.45, 7) is 5.12. The van der Waals surface area contributed by atoms with Crippen LogP contribution in [-0.2, 0) is 46.3 Å². The van der Waals surface area contributed by atoms with Gasteiger partial charge in [-0.15, -0.1) is 0 Å². The van der Waals surface area contributed by atoms with Crippen molar-refractivity contribution in [2.24, 2.45) is 23.3 Å². The molecule has 1 aliphatic heterocycles. The maximum absolute atomic E-state index is 14.1. The quantitative estimate of drug-likeness (QED) is 0.0722. The van der Waals surface area contributed by atoms with Crippen molar-refractivity contribution in [2.75, 3.05) is 26.7 Å². The van der Waals surface area contributed by atoms with E-state index in [0.29, 0.717) is 64.6 Å². The van der Waals surface area contributed by atoms with Crippen LogP contribution in [-0.4, -0.2) is 91.2 Å². The van der Waals surface area contributed by atoms with Gasteiger partial charge in [-0.3, -0.25) is 24.0 Å². The van der Waals surface area contributed by atoms with Gasteiger partial charge in [0.1, 0.15) is 6.04 Å². The molecule has 3 rings (SSSR count). The van der Waals surface area contributed by atoms with E-state index in [4.69, 9.17) is 11.5 Å². The number of rotatable bonds is 21. The van der Waals surface area contributed by atoms with Gasteiger partial charge in [-0.05, 0) is 75.0 Å². The van der Waals surface area contributed by atoms with Crippen molar-refractivity contribution < 1.29 is 33.5 Å². The average molecular weight is 747 g/mol. The summed E-state index contributed by atoms with van der Waals surface area (Å²) in [7, 11) is 1.23. The highest BCUT2D eigenvalue weighted by Crippen LogP contribution is 2.21. The zero-order valence-electron chi connectivity index (χ0n) is 31.8. The number of benzene rings is 2. The molecule has 0 aliphatic carbocycles. The van der Waals surface area contributed by atoms with Crippen LogP contribution in [0.4, 0.5) is 0 Å². The molecule has 1 fully saturated rings. The second kappa shape index (κ2) is 23.0. The van der Waals surface area contributed by atoms with Crippen LogP contribution in [0.3, 0.4) is 0 Å². The molecule has 2 aromatic carbocycles. The minimum absolute atomic E-state index is 0.0677. The lowest BCUT2D eigenvalue weighted by Gasteiger charge is -2.35. The first-order chi connectivity index (χ1) is 25.9. The molecule has 0 radical (unpaired) electrons. The second-order valence-electron chi connectivity index (χ2n) is 14.4. The first kappa shape index (κ1) is 43.5. The number of ether oxygens (including phenoxy) is 1. The Hall–Kier alpha value is -4.88. The van der Waals surface area contributed by atoms with E-state index in [0.717, 1.165) is 23.3 Å². The van der Waals surface area contributed by atoms with Gasteiger partial charge < -0.3 is 37.1 Å². The number of carbonyl (C=O) groups is 6. The molecule has 0 spiro atoms. The number of nitrogens with zero attached hydrogens (tertiary/aromatic N) is 1. The number of carbonyl (C=O) groups excluding carboxylic acids is 6. The molecule has 0 bridgehead atoms. The molecule has 1 saturated heterocycles. The molecular weight excluding hydrogens is 688 g/mol. The average Bonchev–Trinajstić information content (AvgIpc) is 3.16. The molecule has 0 saturated carbocycles. The van der Waals surface area contributed by atoms with Gasteiger partial charge in [-0.1, -0.05) is 74.5 Å². The maximum Gasteiger partial charge on any atom is 0.330 e. The zero-order valence-corrected chi connectivity index (χ0v) is 31.8. The van der Waals surface area contributed by atoms with Crippen LogP contribution >= 0.6 is 0 Å². The molecule has 13 nitrogen and oxygen atoms in total. The van der Waals surface area contributed by atoms with Crippen LogP contribution < -0.4 is 27.4 Å². The third-order valence-electron chi connectivity index (χ3n) is 9.48. The third-order valence-corrected chi connectivity index (χ3v) is 9.48. The van der Waals surface area contributed by atoms with Gasteiger partial charge >= 0.3 is 5.97 Å². The number of hydrogen-bond donors (Lipinski definition) is 5. The van der Waals surface area contributed by atoms with E-state index in [2.05, 4.69) is 20.7 Å². The number of hydrogen-bond acceptors (Lipinski definition) is 9. The predicted molar refractivity (Wildman–Crippen MR) is 207 cm³/mol. The normalized spacial score (nSPS) is 15.6. The number of ketones is 1. The maximum atomic E-state index is 14.1. The number of amides is 4. The van der Waals surface area contributed by atoms with Crippen molar-refractivity contribution in [2.45, 2.75) is 95.8 Å². The number of likely N-dealkylation sites (tertiary alicyclic amines) is 1. The van der Waals surface area contributed by atoms with Crippen LogP contribution in [0.15, 0.2) is 72.8 Å². The smallest absolute Gasteiger partial charge is 0.330 e. The number of nitrogens with two attached hydrogens (primary N) is 2. The number of methoxy groups -OCH3 is 1. The Morgan fingerprint density at radius 2 is 1.43 bits per heavy atom. The summed E-state index contributed by atoms with van der Waals surface area (Å²) < 4.78 is 4.52. The van der Waals surface area contributed by atoms with Crippen LogP contribution in [0.25, 0.3) is 0 Å². The fourth-order valence-electron chi connectivity index (χ4n) is 6.54. The van der Waals surface area contributed by atoms with Crippen molar-refractivity contribution in [3.63, 3.8) is 0 Å². The Balaban J connectivity index is 1.71. The lowest BCUT2D eigenvalue weighted by atomic mass is 9.88. The summed E-state index contributed by atoms with van der Waals surface area (Å²) in [4.78, 5) is 80.5. The van der Waals surface area contributed by atoms with E-state index in [1.807, 2.05) is 74.5 Å². The van der Waals surface area contributed by atoms with E-state index in [1.54, 1.807) is 4.90 Å². The molecule has 1 aliphatic rings. The summed E-state index contributed by atoms with van der Waals surface area (Å²) in [6.07, 6.45) is 5.64. The van der Waals surface area contributed by atoms with Gasteiger partial charge in [0.2, 0.25) is 23.6 Å². The van der Waals surface area contributed by atoms with Gasteiger partial charge in [0.25, 0.3) is 0 Å². The molecule has 0 aromatic heterocycles. The Kier molecular flexibility index (Phi) is 18.6. The Morgan fingerprint density at radius 3 is 2.00 bits per heavy atom. The van der Waals surface area contributed by atoms with Gasteiger partial charge in [-0.2, -0.15) is 0 Å². The second-order valence-corrected chi connectivity index (χ2v) is 14.4. The van der Waals surface area contributed by atoms with Gasteiger partial charge in [0, 0.05) is 43.6 Å². The van der Waals surface area contributed by atoms with Crippen molar-refractivity contribution in [3.8, 4) is 0 Å². The highest BCUT2D eigenvalue weighted by atomic mass is 16.5. The first-order valence-corrected chi connectivity index (χ1v) is 18.9. The fraction of sp³-hybridized carbons (Fsp3) is 0.512. The van der Waals surface area contributed by atoms with E-state index in [9.17, 15) is 28.8 Å². The summed E-state index contributed by atoms with van der Waals surface area (Å²) in [5, 5.41) is 8.71. The van der Waals surface area contributed by atoms with Crippen LogP contribution in [0, 0.1) is 11.8 Å². The topological polar surface area (TPSA) is 203 Å². The van der Waals surface area contributed by atoms with E-state index in [1.165, 1.54) is 7.11 Å². The lowest BCUT2D eigenvalue weighted by Crippen LogP contribution is -2.54. The molecule has 54 heavy (non-hydrogen) atoms. The Labute approximate surface area is 319 Å². The summed E-state index contributed by atoms with van der Waals surface area (Å²) >= 11 is 0. The molecule has 4 amide bonds. The van der Waals surface area contributed by atoms with Crippen molar-refractivity contribution in [1.82, 2.24) is 20.9 Å². The van der Waals surface area contributed by atoms with Gasteiger partial charge in [-0.25, -0.2) is 4.79 Å². The van der Waals surface area contributed by atoms with Crippen LogP contribution in [0.1, 0.15) is 69.9 Å². The fourth-order valence-corrected chi connectivity index (χ4v) is 6.54. The number of Topliss-reactive ketones (excluding diaryl/α,β-unsaturated/α-hetero) is 1. The molecule has 1 heterocycles. The van der Waals surface area contributed by atoms with E-state index in [-0.39, 0.29) is 36.5 Å². The van der Waals surface area contributed by atoms with E-state index >= 15 is 0 Å². The highest BCUT2D eigenvalue weighted by molar-refractivity contribution is 5.95. The zero-order chi connectivity index (χ0) is 39.5. The number of piperidine rings is 1. The monoisotopic (exact) mass is 746 g/mol. The molecule has 7 N–H and O–H groups in total. The molecule has 13 heteroatoms. The third kappa shape index (κ3) is 15.2. The van der Waals surface area contributed by atoms with Gasteiger partial charge in [0.05, 0.1) is 19.2 Å². The Bertz CT molecular complexity index is 1540. The summed E-state index contributed by atoms with van der Waals surface area (Å²) in [5.74, 6) is -3.11. The largest absolute Gasteiger partial charge is 0.466 e. The number of esters is 1. The molecule has 0 unspecified atom stereocenters. The minimum Gasteiger partial charge on any atom is -0.466 e. The molecule has 4 atom stereocenters. The highest BCUT2D eigenvalue weighted by Gasteiger charge is 2.34. The predicted octanol–water partition coefficient (Wildman–Crippen LogP) is 2.36. The van der Waals surface area contributed by atoms with Crippen LogP contribution in [0.2, 0.25) is 0 Å². The number of nitrogens with one attached hydrogen (secondary N) is 3. The molecule has 2 aromatic rings. The summed E-state index contributed by atoms with van der Waals surface area (Å²) in [5.41, 5.74) is 13.8. The Morgan fingerprint density at radius 1 is 0.833 bits per heavy atom. The molecule has 294 valence electrons. The SMILES string of the molecule is COC(=O)/C=C/C(=O)NC1CCN(C(=O)[C@@H](CCCCN)NC(=O)[C@H](CC(=O)[C@@H](Cc2ccccc2)NC(=O)[C@H](N)Cc2ccccc2)CC(C)C)CC1. The lowest BCUT2D eigenvalue weighted by molar-refractivity contribution is -0.139. The van der Waals surface area contributed by atoms with Crippen molar-refractivity contribution in [1.29, 1.82) is 0 Å². The standard InChI is InChI=1S/C41H58N6O7/c1-28(2)24-31(27-36(48)35(26-30-14-8-5-9-15-30)46-40(52)33(43)25-29-12-6-4-7-13-29)39(51)45-34(16-10-11-21-42)41(53)47-22-19-32(20-23-47)44-37(49)17-18-38(50)54-3/h4-9,12-15,17-18,28,31-35H,10-11,16,19-27,42-43H2,1-3H3,(H,44,49)(H,45,51)(H,46,52)/b18-17+/t31-,33+,34+,35+/m0/s1.